The van der Waals surface area contributed by atoms with Crippen molar-refractivity contribution in [2.24, 2.45) is 0 Å². The average Bonchev–Trinajstić information content (AvgIpc) is 3.67. The van der Waals surface area contributed by atoms with Gasteiger partial charge in [0.25, 0.3) is 0 Å². The topological polar surface area (TPSA) is 11.4 Å². The third kappa shape index (κ3) is 7.82. The summed E-state index contributed by atoms with van der Waals surface area (Å²) < 4.78 is 2.79. The van der Waals surface area contributed by atoms with Crippen molar-refractivity contribution in [1.29, 1.82) is 0 Å². The van der Waals surface area contributed by atoms with Gasteiger partial charge in [0, 0.05) is 67.4 Å². The van der Waals surface area contributed by atoms with Crippen molar-refractivity contribution in [3.8, 4) is 33.5 Å². The molecule has 0 saturated heterocycles. The van der Waals surface area contributed by atoms with Crippen LogP contribution in [0.3, 0.4) is 0 Å². The molecule has 0 atom stereocenters. The fraction of sp³-hybridized carbons (Fsp3) is 0.254. The van der Waals surface area contributed by atoms with Gasteiger partial charge in [0.15, 0.2) is 0 Å². The predicted molar refractivity (Wildman–Crippen MR) is 308 cm³/mol. The maximum Gasteiger partial charge on any atom is 0.333 e. The fourth-order valence-electron chi connectivity index (χ4n) is 11.3. The van der Waals surface area contributed by atoms with Crippen LogP contribution in [0.5, 0.6) is 0 Å². The van der Waals surface area contributed by atoms with E-state index in [-0.39, 0.29) is 28.5 Å². The number of aryl methyl sites for hydroxylation is 1. The highest BCUT2D eigenvalue weighted by molar-refractivity contribution is 6.90. The van der Waals surface area contributed by atoms with Crippen molar-refractivity contribution in [2.45, 2.75) is 112 Å². The summed E-state index contributed by atoms with van der Waals surface area (Å²) in [7, 11) is 0. The molecule has 2 aliphatic heterocycles. The summed E-state index contributed by atoms with van der Waals surface area (Å²) in [5.41, 5.74) is 25.0. The van der Waals surface area contributed by atoms with Gasteiger partial charge in [-0.05, 0) is 151 Å². The fourth-order valence-corrected chi connectivity index (χ4v) is 11.3. The minimum Gasteiger partial charge on any atom is -0.375 e. The van der Waals surface area contributed by atoms with Gasteiger partial charge in [-0.1, -0.05) is 186 Å². The lowest BCUT2D eigenvalue weighted by molar-refractivity contribution is 0.589. The molecule has 0 unspecified atom stereocenters. The normalized spacial score (nSPS) is 13.4. The Balaban J connectivity index is 1.27. The summed E-state index contributed by atoms with van der Waals surface area (Å²) in [6, 6.07) is 66.9. The molecule has 0 amide bonds. The lowest BCUT2D eigenvalue weighted by Gasteiger charge is -2.42. The molecule has 3 nitrogen and oxygen atoms in total. The monoisotopic (exact) mass is 926 g/mol. The second-order valence-corrected chi connectivity index (χ2v) is 24.4. The first kappa shape index (κ1) is 46.4. The van der Waals surface area contributed by atoms with E-state index in [1.54, 1.807) is 0 Å². The lowest BCUT2D eigenvalue weighted by atomic mass is 9.44. The maximum atomic E-state index is 2.79. The molecule has 2 aliphatic rings. The van der Waals surface area contributed by atoms with Gasteiger partial charge in [-0.25, -0.2) is 0 Å². The number of aromatic nitrogens is 1. The number of nitrogens with zero attached hydrogens (tertiary/aromatic N) is 3. The largest absolute Gasteiger partial charge is 0.375 e. The molecule has 0 saturated carbocycles. The summed E-state index contributed by atoms with van der Waals surface area (Å²) in [5, 5.41) is 1.29. The molecule has 354 valence electrons. The van der Waals surface area contributed by atoms with Gasteiger partial charge in [-0.2, -0.15) is 0 Å². The molecule has 0 fully saturated rings. The molecule has 11 rings (SSSR count). The highest BCUT2D eigenvalue weighted by Crippen LogP contribution is 2.52. The summed E-state index contributed by atoms with van der Waals surface area (Å²) in [5.74, 6) is 0. The van der Waals surface area contributed by atoms with Crippen LogP contribution in [-0.4, -0.2) is 11.3 Å². The lowest BCUT2D eigenvalue weighted by Crippen LogP contribution is -2.57. The molecule has 9 aromatic rings. The Morgan fingerprint density at radius 1 is 0.423 bits per heavy atom. The summed E-state index contributed by atoms with van der Waals surface area (Å²) in [6.07, 6.45) is 0. The highest BCUT2D eigenvalue weighted by Gasteiger charge is 2.45. The number of hydrogen-bond donors (Lipinski definition) is 0. The number of anilines is 6. The van der Waals surface area contributed by atoms with E-state index >= 15 is 0 Å². The van der Waals surface area contributed by atoms with Gasteiger partial charge in [0.1, 0.15) is 0 Å². The Bertz CT molecular complexity index is 3460. The molecule has 71 heavy (non-hydrogen) atoms. The quantitative estimate of drug-likeness (QED) is 0.154. The maximum absolute atomic E-state index is 2.79. The van der Waals surface area contributed by atoms with Crippen molar-refractivity contribution < 1.29 is 0 Å². The Morgan fingerprint density at radius 2 is 0.944 bits per heavy atom. The second-order valence-electron chi connectivity index (χ2n) is 24.4. The molecule has 0 bridgehead atoms. The zero-order valence-corrected chi connectivity index (χ0v) is 44.2. The second kappa shape index (κ2) is 16.5. The van der Waals surface area contributed by atoms with E-state index in [0.717, 1.165) is 17.1 Å². The van der Waals surface area contributed by atoms with Crippen LogP contribution in [0, 0.1) is 6.92 Å². The third-order valence-corrected chi connectivity index (χ3v) is 15.3. The van der Waals surface area contributed by atoms with Crippen LogP contribution in [0.4, 0.5) is 34.1 Å². The Hall–Kier alpha value is -7.04. The van der Waals surface area contributed by atoms with Crippen molar-refractivity contribution in [1.82, 2.24) is 4.48 Å². The number of para-hydroxylation sites is 2. The van der Waals surface area contributed by atoms with Crippen LogP contribution < -0.4 is 20.7 Å². The highest BCUT2D eigenvalue weighted by atomic mass is 15.2. The smallest absolute Gasteiger partial charge is 0.333 e. The summed E-state index contributed by atoms with van der Waals surface area (Å²) in [6.45, 7) is 30.4. The van der Waals surface area contributed by atoms with Gasteiger partial charge >= 0.3 is 6.85 Å². The number of benzene rings is 8. The van der Waals surface area contributed by atoms with E-state index in [2.05, 4.69) is 280 Å². The molecule has 1 aromatic heterocycles. The minimum absolute atomic E-state index is 0.0395. The summed E-state index contributed by atoms with van der Waals surface area (Å²) in [4.78, 5) is 4.95. The van der Waals surface area contributed by atoms with E-state index in [9.17, 15) is 0 Å². The zero-order chi connectivity index (χ0) is 49.9. The van der Waals surface area contributed by atoms with Crippen molar-refractivity contribution in [3.05, 3.63) is 204 Å². The molecular weight excluding hydrogens is 858 g/mol. The van der Waals surface area contributed by atoms with Crippen LogP contribution in [0.15, 0.2) is 176 Å². The Labute approximate surface area is 423 Å². The van der Waals surface area contributed by atoms with E-state index in [0.29, 0.717) is 0 Å². The molecule has 3 heterocycles. The van der Waals surface area contributed by atoms with Gasteiger partial charge in [0.05, 0.1) is 0 Å². The van der Waals surface area contributed by atoms with Crippen LogP contribution in [0.25, 0.3) is 44.4 Å². The first-order valence-corrected chi connectivity index (χ1v) is 25.7. The van der Waals surface area contributed by atoms with Gasteiger partial charge in [0.2, 0.25) is 0 Å². The van der Waals surface area contributed by atoms with E-state index in [1.165, 1.54) is 100 Å². The van der Waals surface area contributed by atoms with Crippen LogP contribution in [0.1, 0.15) is 111 Å². The number of fused-ring (bicyclic) bond motifs is 4. The SMILES string of the molecule is Cc1ccccc1-c1c(-c2ccc(N(c3ccccc3)c3ccccc3)cc2)c2cc(C(C)(C)C)cc3c2n1B1c2cc(C(C)(C)C)ccc2N(c2ccc(C(C)(C)C)cc2)c2cc(C(C)(C)C)cc-3c21. The third-order valence-electron chi connectivity index (χ3n) is 15.3. The molecule has 8 aromatic carbocycles. The average molecular weight is 926 g/mol. The number of rotatable bonds is 6. The molecule has 0 spiro atoms. The molecular formula is C67H68BN3. The Morgan fingerprint density at radius 3 is 1.52 bits per heavy atom. The van der Waals surface area contributed by atoms with E-state index < -0.39 is 0 Å². The zero-order valence-electron chi connectivity index (χ0n) is 44.2. The van der Waals surface area contributed by atoms with Gasteiger partial charge in [-0.15, -0.1) is 0 Å². The predicted octanol–water partition coefficient (Wildman–Crippen LogP) is 17.4. The van der Waals surface area contributed by atoms with Crippen molar-refractivity contribution >= 4 is 62.8 Å². The molecule has 4 heteroatoms. The van der Waals surface area contributed by atoms with Crippen molar-refractivity contribution in [2.75, 3.05) is 9.80 Å². The molecule has 0 radical (unpaired) electrons. The molecule has 0 N–H and O–H groups in total. The van der Waals surface area contributed by atoms with E-state index in [4.69, 9.17) is 0 Å². The summed E-state index contributed by atoms with van der Waals surface area (Å²) >= 11 is 0. The Kier molecular flexibility index (Phi) is 10.8. The van der Waals surface area contributed by atoms with Crippen molar-refractivity contribution in [3.63, 3.8) is 0 Å². The number of hydrogen-bond acceptors (Lipinski definition) is 2. The van der Waals surface area contributed by atoms with Gasteiger partial charge < -0.3 is 14.3 Å². The first-order chi connectivity index (χ1) is 33.7. The standard InChI is InChI=1S/C67H68BN3/c1-43-22-20-21-27-53(43)63-60(44-28-33-51(34-29-44)69(49-23-16-14-17-24-49)50-25-18-15-19-26-50)56-40-47(66(8,9)10)39-55-54-38-48(67(11,12)13)42-59-61(54)68(71(63)62(55)56)57-41-46(65(5,6)7)32-37-58(57)70(59)52-35-30-45(31-36-52)64(2,3)4/h14-42H,1-13H3. The van der Waals surface area contributed by atoms with Crippen LogP contribution >= 0.6 is 0 Å². The first-order valence-electron chi connectivity index (χ1n) is 25.7. The van der Waals surface area contributed by atoms with Crippen LogP contribution in [-0.2, 0) is 21.7 Å². The van der Waals surface area contributed by atoms with E-state index in [1.807, 2.05) is 0 Å². The van der Waals surface area contributed by atoms with Crippen LogP contribution in [0.2, 0.25) is 0 Å². The molecule has 0 aliphatic carbocycles. The minimum atomic E-state index is -0.115. The van der Waals surface area contributed by atoms with Gasteiger partial charge in [-0.3, -0.25) is 0 Å².